The number of aromatic nitrogens is 1. The Hall–Kier alpha value is -3.11. The fourth-order valence-corrected chi connectivity index (χ4v) is 4.03. The topological polar surface area (TPSA) is 43.1 Å². The number of halogens is 3. The summed E-state index contributed by atoms with van der Waals surface area (Å²) in [6, 6.07) is 27.9. The Morgan fingerprint density at radius 1 is 0.788 bits per heavy atom. The van der Waals surface area contributed by atoms with E-state index in [-0.39, 0.29) is 5.78 Å². The van der Waals surface area contributed by atoms with Gasteiger partial charge < -0.3 is 4.42 Å². The Morgan fingerprint density at radius 3 is 2.18 bits per heavy atom. The number of furan rings is 1. The molecule has 164 valence electrons. The molecule has 0 radical (unpaired) electrons. The zero-order valence-corrected chi connectivity index (χ0v) is 19.6. The fourth-order valence-electron chi connectivity index (χ4n) is 3.28. The van der Waals surface area contributed by atoms with Crippen LogP contribution in [0.2, 0.25) is 15.2 Å². The van der Waals surface area contributed by atoms with Crippen molar-refractivity contribution < 1.29 is 9.21 Å². The molecule has 0 bridgehead atoms. The highest BCUT2D eigenvalue weighted by Crippen LogP contribution is 2.32. The number of carbonyl (C=O) groups excluding carboxylic acids is 1. The molecule has 0 amide bonds. The van der Waals surface area contributed by atoms with E-state index in [1.54, 1.807) is 36.4 Å². The van der Waals surface area contributed by atoms with E-state index in [9.17, 15) is 4.79 Å². The molecule has 33 heavy (non-hydrogen) atoms. The van der Waals surface area contributed by atoms with Crippen molar-refractivity contribution in [2.45, 2.75) is 6.42 Å². The second kappa shape index (κ2) is 10.7. The third-order valence-electron chi connectivity index (χ3n) is 4.95. The minimum Gasteiger partial charge on any atom is -0.461 e. The van der Waals surface area contributed by atoms with Gasteiger partial charge in [0.25, 0.3) is 0 Å². The molecule has 0 atom stereocenters. The normalized spacial score (nSPS) is 10.5. The lowest BCUT2D eigenvalue weighted by Gasteiger charge is -2.09. The van der Waals surface area contributed by atoms with E-state index in [0.717, 1.165) is 16.5 Å². The molecule has 5 rings (SSSR count). The molecule has 0 fully saturated rings. The minimum absolute atomic E-state index is 0.133. The Morgan fingerprint density at radius 2 is 1.48 bits per heavy atom. The van der Waals surface area contributed by atoms with Crippen LogP contribution in [0, 0.1) is 0 Å². The first-order chi connectivity index (χ1) is 16.0. The van der Waals surface area contributed by atoms with Gasteiger partial charge in [-0.15, -0.1) is 0 Å². The number of ketones is 1. The van der Waals surface area contributed by atoms with Crippen molar-refractivity contribution in [2.75, 3.05) is 0 Å². The summed E-state index contributed by atoms with van der Waals surface area (Å²) < 4.78 is 5.00. The minimum atomic E-state index is -0.133. The quantitative estimate of drug-likeness (QED) is 0.186. The zero-order valence-electron chi connectivity index (χ0n) is 17.3. The van der Waals surface area contributed by atoms with E-state index < -0.39 is 0 Å². The van der Waals surface area contributed by atoms with E-state index in [1.165, 1.54) is 11.8 Å². The molecule has 0 spiro atoms. The maximum absolute atomic E-state index is 11.7. The van der Waals surface area contributed by atoms with Crippen molar-refractivity contribution in [1.29, 1.82) is 0 Å². The predicted molar refractivity (Wildman–Crippen MR) is 135 cm³/mol. The van der Waals surface area contributed by atoms with Crippen molar-refractivity contribution in [3.8, 4) is 0 Å². The second-order valence-electron chi connectivity index (χ2n) is 7.19. The molecule has 0 aliphatic heterocycles. The Labute approximate surface area is 206 Å². The fraction of sp³-hybridized carbons (Fsp3) is 0.0370. The number of benzene rings is 3. The monoisotopic (exact) mass is 493 g/mol. The predicted octanol–water partition coefficient (Wildman–Crippen LogP) is 8.30. The highest BCUT2D eigenvalue weighted by atomic mass is 35.5. The summed E-state index contributed by atoms with van der Waals surface area (Å²) >= 11 is 18.4. The van der Waals surface area contributed by atoms with E-state index in [1.807, 2.05) is 42.5 Å². The van der Waals surface area contributed by atoms with Gasteiger partial charge >= 0.3 is 0 Å². The number of pyridine rings is 1. The van der Waals surface area contributed by atoms with Gasteiger partial charge in [-0.3, -0.25) is 4.79 Å². The molecule has 2 heterocycles. The summed E-state index contributed by atoms with van der Waals surface area (Å²) in [5.74, 6) is 0.207. The van der Waals surface area contributed by atoms with Crippen LogP contribution >= 0.6 is 34.8 Å². The Balaban J connectivity index is 0.000000165. The third kappa shape index (κ3) is 5.63. The van der Waals surface area contributed by atoms with E-state index in [4.69, 9.17) is 39.2 Å². The molecule has 0 aliphatic carbocycles. The lowest BCUT2D eigenvalue weighted by molar-refractivity contribution is 0.101. The van der Waals surface area contributed by atoms with Crippen LogP contribution < -0.4 is 0 Å². The lowest BCUT2D eigenvalue weighted by Crippen LogP contribution is -1.98. The third-order valence-corrected chi connectivity index (χ3v) is 5.94. The van der Waals surface area contributed by atoms with Crippen molar-refractivity contribution in [2.24, 2.45) is 0 Å². The lowest BCUT2D eigenvalue weighted by atomic mass is 10.0. The molecule has 3 nitrogen and oxygen atoms in total. The number of rotatable bonds is 4. The van der Waals surface area contributed by atoms with Gasteiger partial charge in [0.15, 0.2) is 5.76 Å². The van der Waals surface area contributed by atoms with Gasteiger partial charge in [0.2, 0.25) is 5.78 Å². The molecule has 6 heteroatoms. The van der Waals surface area contributed by atoms with Gasteiger partial charge in [-0.25, -0.2) is 4.98 Å². The van der Waals surface area contributed by atoms with Crippen LogP contribution in [0.15, 0.2) is 102 Å². The zero-order chi connectivity index (χ0) is 23.2. The van der Waals surface area contributed by atoms with Crippen LogP contribution in [0.5, 0.6) is 0 Å². The van der Waals surface area contributed by atoms with Crippen molar-refractivity contribution >= 4 is 51.5 Å². The van der Waals surface area contributed by atoms with Gasteiger partial charge in [0.05, 0.1) is 16.8 Å². The highest BCUT2D eigenvalue weighted by Gasteiger charge is 2.13. The average Bonchev–Trinajstić information content (AvgIpc) is 3.38. The van der Waals surface area contributed by atoms with Crippen LogP contribution in [0.1, 0.15) is 27.2 Å². The second-order valence-corrected chi connectivity index (χ2v) is 8.36. The maximum Gasteiger partial charge on any atom is 0.228 e. The summed E-state index contributed by atoms with van der Waals surface area (Å²) in [5.41, 5.74) is 3.45. The first-order valence-electron chi connectivity index (χ1n) is 10.1. The molecule has 3 aromatic carbocycles. The van der Waals surface area contributed by atoms with Gasteiger partial charge in [0.1, 0.15) is 5.15 Å². The van der Waals surface area contributed by atoms with Gasteiger partial charge in [-0.2, -0.15) is 0 Å². The first kappa shape index (κ1) is 23.1. The van der Waals surface area contributed by atoms with Gasteiger partial charge in [-0.05, 0) is 48.0 Å². The molecule has 0 saturated carbocycles. The molecular weight excluding hydrogens is 477 g/mol. The van der Waals surface area contributed by atoms with Crippen molar-refractivity contribution in [3.63, 3.8) is 0 Å². The molecular formula is C27H18Cl3NO2. The van der Waals surface area contributed by atoms with Gasteiger partial charge in [0, 0.05) is 28.0 Å². The summed E-state index contributed by atoms with van der Waals surface area (Å²) in [5, 5.41) is 2.73. The summed E-state index contributed by atoms with van der Waals surface area (Å²) in [7, 11) is 0. The van der Waals surface area contributed by atoms with Crippen LogP contribution in [-0.2, 0) is 6.42 Å². The van der Waals surface area contributed by atoms with Crippen LogP contribution in [0.4, 0.5) is 0 Å². The van der Waals surface area contributed by atoms with E-state index >= 15 is 0 Å². The maximum atomic E-state index is 11.7. The largest absolute Gasteiger partial charge is 0.461 e. The summed E-state index contributed by atoms with van der Waals surface area (Å²) in [4.78, 5) is 16.1. The van der Waals surface area contributed by atoms with E-state index in [2.05, 4.69) is 17.1 Å². The van der Waals surface area contributed by atoms with Crippen LogP contribution in [0.3, 0.4) is 0 Å². The number of nitrogens with zero attached hydrogens (tertiary/aromatic N) is 1. The molecule has 0 unspecified atom stereocenters. The van der Waals surface area contributed by atoms with Gasteiger partial charge in [-0.1, -0.05) is 83.3 Å². The smallest absolute Gasteiger partial charge is 0.228 e. The number of fused-ring (bicyclic) bond motifs is 1. The molecule has 0 aliphatic rings. The molecule has 0 saturated heterocycles. The van der Waals surface area contributed by atoms with Crippen LogP contribution in [0.25, 0.3) is 10.9 Å². The molecule has 5 aromatic rings. The summed E-state index contributed by atoms with van der Waals surface area (Å²) in [6.07, 6.45) is 2.17. The van der Waals surface area contributed by atoms with Crippen molar-refractivity contribution in [3.05, 3.63) is 135 Å². The Bertz CT molecular complexity index is 1370. The average molecular weight is 495 g/mol. The van der Waals surface area contributed by atoms with E-state index in [0.29, 0.717) is 32.9 Å². The molecule has 0 N–H and O–H groups in total. The SMILES string of the molecule is Clc1nc2ccccc2c(Cl)c1Cc1ccccc1.O=C(c1ccc(Cl)cc1)c1ccco1. The highest BCUT2D eigenvalue weighted by molar-refractivity contribution is 6.39. The van der Waals surface area contributed by atoms with Crippen molar-refractivity contribution in [1.82, 2.24) is 4.98 Å². The number of carbonyl (C=O) groups is 1. The van der Waals surface area contributed by atoms with Crippen LogP contribution in [-0.4, -0.2) is 10.8 Å². The number of para-hydroxylation sites is 1. The molecule has 2 aromatic heterocycles. The summed E-state index contributed by atoms with van der Waals surface area (Å²) in [6.45, 7) is 0. The Kier molecular flexibility index (Phi) is 7.46. The number of hydrogen-bond donors (Lipinski definition) is 0. The number of hydrogen-bond acceptors (Lipinski definition) is 3. The first-order valence-corrected chi connectivity index (χ1v) is 11.3. The standard InChI is InChI=1S/C16H11Cl2N.C11H7ClO2/c17-15-12-8-4-5-9-14(12)19-16(18)13(15)10-11-6-2-1-3-7-11;12-9-5-3-8(4-6-9)11(13)10-2-1-7-14-10/h1-9H,10H2;1-7H.